The van der Waals surface area contributed by atoms with Crippen molar-refractivity contribution in [2.45, 2.75) is 26.4 Å². The van der Waals surface area contributed by atoms with Gasteiger partial charge in [0.1, 0.15) is 11.2 Å². The first-order valence-electron chi connectivity index (χ1n) is 7.97. The number of ether oxygens (including phenoxy) is 1. The zero-order chi connectivity index (χ0) is 16.6. The third-order valence-electron chi connectivity index (χ3n) is 3.99. The molecule has 0 bridgehead atoms. The van der Waals surface area contributed by atoms with Gasteiger partial charge in [-0.25, -0.2) is 9.78 Å². The SMILES string of the molecule is Cn1ccc2cc(N3CCN(C(=O)OC(C)(C)C)CC3)cnc21. The Morgan fingerprint density at radius 2 is 1.91 bits per heavy atom. The largest absolute Gasteiger partial charge is 0.444 e. The number of fused-ring (bicyclic) bond motifs is 1. The van der Waals surface area contributed by atoms with E-state index in [2.05, 4.69) is 22.0 Å². The van der Waals surface area contributed by atoms with Crippen LogP contribution in [0.1, 0.15) is 20.8 Å². The van der Waals surface area contributed by atoms with E-state index < -0.39 is 5.60 Å². The summed E-state index contributed by atoms with van der Waals surface area (Å²) in [7, 11) is 1.99. The van der Waals surface area contributed by atoms with Gasteiger partial charge in [0, 0.05) is 44.8 Å². The molecule has 3 rings (SSSR count). The van der Waals surface area contributed by atoms with Crippen molar-refractivity contribution < 1.29 is 9.53 Å². The summed E-state index contributed by atoms with van der Waals surface area (Å²) in [6, 6.07) is 4.23. The Balaban J connectivity index is 1.65. The van der Waals surface area contributed by atoms with E-state index >= 15 is 0 Å². The van der Waals surface area contributed by atoms with Crippen LogP contribution in [0.3, 0.4) is 0 Å². The van der Waals surface area contributed by atoms with Crippen molar-refractivity contribution in [1.29, 1.82) is 0 Å². The lowest BCUT2D eigenvalue weighted by atomic mass is 10.2. The van der Waals surface area contributed by atoms with Crippen molar-refractivity contribution >= 4 is 22.8 Å². The van der Waals surface area contributed by atoms with Gasteiger partial charge in [-0.2, -0.15) is 0 Å². The molecule has 23 heavy (non-hydrogen) atoms. The molecule has 1 amide bonds. The molecular formula is C17H24N4O2. The summed E-state index contributed by atoms with van der Waals surface area (Å²) in [6.07, 6.45) is 3.70. The van der Waals surface area contributed by atoms with Gasteiger partial charge in [0.15, 0.2) is 0 Å². The second kappa shape index (κ2) is 5.76. The minimum absolute atomic E-state index is 0.228. The van der Waals surface area contributed by atoms with Gasteiger partial charge in [-0.05, 0) is 32.9 Å². The number of piperazine rings is 1. The van der Waals surface area contributed by atoms with Crippen molar-refractivity contribution in [3.05, 3.63) is 24.5 Å². The fourth-order valence-electron chi connectivity index (χ4n) is 2.79. The van der Waals surface area contributed by atoms with Crippen LogP contribution in [0.4, 0.5) is 10.5 Å². The van der Waals surface area contributed by atoms with E-state index in [-0.39, 0.29) is 6.09 Å². The molecule has 1 saturated heterocycles. The molecule has 6 heteroatoms. The number of anilines is 1. The van der Waals surface area contributed by atoms with Crippen LogP contribution in [0.25, 0.3) is 11.0 Å². The summed E-state index contributed by atoms with van der Waals surface area (Å²) in [5.41, 5.74) is 1.64. The average Bonchev–Trinajstić information content (AvgIpc) is 2.87. The summed E-state index contributed by atoms with van der Waals surface area (Å²) in [5, 5.41) is 1.14. The Kier molecular flexibility index (Phi) is 3.92. The number of carbonyl (C=O) groups is 1. The Bertz CT molecular complexity index is 709. The monoisotopic (exact) mass is 316 g/mol. The summed E-state index contributed by atoms with van der Waals surface area (Å²) in [4.78, 5) is 20.7. The van der Waals surface area contributed by atoms with E-state index in [0.717, 1.165) is 29.8 Å². The van der Waals surface area contributed by atoms with Gasteiger partial charge in [-0.15, -0.1) is 0 Å². The Hall–Kier alpha value is -2.24. The number of pyridine rings is 1. The molecule has 124 valence electrons. The molecule has 1 aliphatic rings. The highest BCUT2D eigenvalue weighted by atomic mass is 16.6. The number of aromatic nitrogens is 2. The fraction of sp³-hybridized carbons (Fsp3) is 0.529. The molecule has 6 nitrogen and oxygen atoms in total. The molecule has 2 aromatic rings. The lowest BCUT2D eigenvalue weighted by molar-refractivity contribution is 0.0240. The van der Waals surface area contributed by atoms with E-state index in [1.165, 1.54) is 0 Å². The molecule has 0 saturated carbocycles. The number of rotatable bonds is 1. The summed E-state index contributed by atoms with van der Waals surface area (Å²) in [5.74, 6) is 0. The standard InChI is InChI=1S/C17H24N4O2/c1-17(2,3)23-16(22)21-9-7-20(8-10-21)14-11-13-5-6-19(4)15(13)18-12-14/h5-6,11-12H,7-10H2,1-4H3. The lowest BCUT2D eigenvalue weighted by Gasteiger charge is -2.36. The third-order valence-corrected chi connectivity index (χ3v) is 3.99. The van der Waals surface area contributed by atoms with E-state index in [4.69, 9.17) is 4.74 Å². The first kappa shape index (κ1) is 15.6. The van der Waals surface area contributed by atoms with Gasteiger partial charge in [-0.1, -0.05) is 0 Å². The zero-order valence-corrected chi connectivity index (χ0v) is 14.2. The maximum absolute atomic E-state index is 12.1. The second-order valence-corrected chi connectivity index (χ2v) is 6.99. The molecule has 0 spiro atoms. The molecule has 0 unspecified atom stereocenters. The van der Waals surface area contributed by atoms with Crippen molar-refractivity contribution in [3.63, 3.8) is 0 Å². The number of aryl methyl sites for hydroxylation is 1. The van der Waals surface area contributed by atoms with E-state index in [1.54, 1.807) is 4.90 Å². The quantitative estimate of drug-likeness (QED) is 0.811. The minimum atomic E-state index is -0.448. The van der Waals surface area contributed by atoms with Crippen LogP contribution in [0.15, 0.2) is 24.5 Å². The van der Waals surface area contributed by atoms with Gasteiger partial charge < -0.3 is 19.1 Å². The number of hydrogen-bond donors (Lipinski definition) is 0. The third kappa shape index (κ3) is 3.41. The molecular weight excluding hydrogens is 292 g/mol. The summed E-state index contributed by atoms with van der Waals surface area (Å²) >= 11 is 0. The van der Waals surface area contributed by atoms with Gasteiger partial charge >= 0.3 is 6.09 Å². The smallest absolute Gasteiger partial charge is 0.410 e. The van der Waals surface area contributed by atoms with Gasteiger partial charge in [0.2, 0.25) is 0 Å². The molecule has 0 atom stereocenters. The van der Waals surface area contributed by atoms with Crippen LogP contribution in [0.5, 0.6) is 0 Å². The number of carbonyl (C=O) groups excluding carboxylic acids is 1. The lowest BCUT2D eigenvalue weighted by Crippen LogP contribution is -2.50. The van der Waals surface area contributed by atoms with Crippen LogP contribution in [0.2, 0.25) is 0 Å². The molecule has 0 aliphatic carbocycles. The predicted molar refractivity (Wildman–Crippen MR) is 90.7 cm³/mol. The molecule has 1 aliphatic heterocycles. The topological polar surface area (TPSA) is 50.6 Å². The maximum atomic E-state index is 12.1. The molecule has 3 heterocycles. The number of amides is 1. The van der Waals surface area contributed by atoms with Crippen molar-refractivity contribution in [1.82, 2.24) is 14.5 Å². The zero-order valence-electron chi connectivity index (χ0n) is 14.2. The van der Waals surface area contributed by atoms with Crippen molar-refractivity contribution in [2.24, 2.45) is 7.05 Å². The minimum Gasteiger partial charge on any atom is -0.444 e. The Labute approximate surface area is 136 Å². The van der Waals surface area contributed by atoms with E-state index in [1.807, 2.05) is 44.8 Å². The normalized spacial score (nSPS) is 16.0. The van der Waals surface area contributed by atoms with Crippen LogP contribution < -0.4 is 4.90 Å². The molecule has 0 radical (unpaired) electrons. The van der Waals surface area contributed by atoms with E-state index in [0.29, 0.717) is 13.1 Å². The maximum Gasteiger partial charge on any atom is 0.410 e. The highest BCUT2D eigenvalue weighted by molar-refractivity contribution is 5.80. The second-order valence-electron chi connectivity index (χ2n) is 6.99. The van der Waals surface area contributed by atoms with Crippen LogP contribution in [-0.2, 0) is 11.8 Å². The van der Waals surface area contributed by atoms with Crippen LogP contribution in [-0.4, -0.2) is 52.3 Å². The fourth-order valence-corrected chi connectivity index (χ4v) is 2.79. The van der Waals surface area contributed by atoms with Crippen LogP contribution in [0, 0.1) is 0 Å². The van der Waals surface area contributed by atoms with Crippen molar-refractivity contribution in [2.75, 3.05) is 31.1 Å². The van der Waals surface area contributed by atoms with Crippen molar-refractivity contribution in [3.8, 4) is 0 Å². The molecule has 0 N–H and O–H groups in total. The van der Waals surface area contributed by atoms with Gasteiger partial charge in [0.25, 0.3) is 0 Å². The first-order chi connectivity index (χ1) is 10.8. The Morgan fingerprint density at radius 3 is 2.57 bits per heavy atom. The van der Waals surface area contributed by atoms with Gasteiger partial charge in [-0.3, -0.25) is 0 Å². The summed E-state index contributed by atoms with van der Waals surface area (Å²) < 4.78 is 7.45. The summed E-state index contributed by atoms with van der Waals surface area (Å²) in [6.45, 7) is 8.59. The molecule has 1 fully saturated rings. The van der Waals surface area contributed by atoms with E-state index in [9.17, 15) is 4.79 Å². The average molecular weight is 316 g/mol. The van der Waals surface area contributed by atoms with Crippen LogP contribution >= 0.6 is 0 Å². The number of nitrogens with zero attached hydrogens (tertiary/aromatic N) is 4. The van der Waals surface area contributed by atoms with Gasteiger partial charge in [0.05, 0.1) is 11.9 Å². The highest BCUT2D eigenvalue weighted by Crippen LogP contribution is 2.22. The predicted octanol–water partition coefficient (Wildman–Crippen LogP) is 2.63. The first-order valence-corrected chi connectivity index (χ1v) is 7.97. The molecule has 2 aromatic heterocycles. The highest BCUT2D eigenvalue weighted by Gasteiger charge is 2.26. The number of hydrogen-bond acceptors (Lipinski definition) is 4. The Morgan fingerprint density at radius 1 is 1.22 bits per heavy atom. The molecule has 0 aromatic carbocycles.